The van der Waals surface area contributed by atoms with Crippen LogP contribution in [0.15, 0.2) is 30.3 Å². The molecule has 4 nitrogen and oxygen atoms in total. The van der Waals surface area contributed by atoms with E-state index in [9.17, 15) is 8.42 Å². The summed E-state index contributed by atoms with van der Waals surface area (Å²) >= 11 is 0. The molecule has 17 heavy (non-hydrogen) atoms. The highest BCUT2D eigenvalue weighted by Gasteiger charge is 2.03. The van der Waals surface area contributed by atoms with E-state index in [0.717, 1.165) is 5.75 Å². The Morgan fingerprint density at radius 1 is 1.06 bits per heavy atom. The molecule has 0 radical (unpaired) electrons. The molecule has 0 aliphatic heterocycles. The lowest BCUT2D eigenvalue weighted by Crippen LogP contribution is -2.09. The second-order valence-electron chi connectivity index (χ2n) is 3.37. The predicted octanol–water partition coefficient (Wildman–Crippen LogP) is 2.04. The van der Waals surface area contributed by atoms with Gasteiger partial charge in [-0.15, -0.1) is 0 Å². The first-order valence-corrected chi connectivity index (χ1v) is 7.74. The summed E-state index contributed by atoms with van der Waals surface area (Å²) < 4.78 is 31.8. The molecule has 0 heterocycles. The van der Waals surface area contributed by atoms with Crippen molar-refractivity contribution in [3.8, 4) is 5.75 Å². The molecule has 1 rings (SSSR count). The van der Waals surface area contributed by atoms with Crippen molar-refractivity contribution >= 4 is 19.7 Å². The first kappa shape index (κ1) is 14.3. The number of ether oxygens (including phenoxy) is 2. The number of halogens is 1. The van der Waals surface area contributed by atoms with Gasteiger partial charge in [-0.05, 0) is 18.6 Å². The van der Waals surface area contributed by atoms with Crippen LogP contribution < -0.4 is 4.74 Å². The molecule has 0 aliphatic rings. The number of hydrogen-bond acceptors (Lipinski definition) is 4. The van der Waals surface area contributed by atoms with Crippen molar-refractivity contribution in [2.75, 3.05) is 25.6 Å². The van der Waals surface area contributed by atoms with E-state index in [4.69, 9.17) is 20.2 Å². The van der Waals surface area contributed by atoms with Gasteiger partial charge < -0.3 is 9.47 Å². The Hall–Kier alpha value is -0.780. The summed E-state index contributed by atoms with van der Waals surface area (Å²) in [5.41, 5.74) is 0. The Morgan fingerprint density at radius 3 is 2.41 bits per heavy atom. The summed E-state index contributed by atoms with van der Waals surface area (Å²) in [6, 6.07) is 9.42. The summed E-state index contributed by atoms with van der Waals surface area (Å²) in [6.07, 6.45) is 0.400. The number of benzene rings is 1. The van der Waals surface area contributed by atoms with Crippen molar-refractivity contribution < 1.29 is 17.9 Å². The van der Waals surface area contributed by atoms with Gasteiger partial charge >= 0.3 is 0 Å². The average molecular weight is 279 g/mol. The van der Waals surface area contributed by atoms with Crippen LogP contribution in [-0.4, -0.2) is 34.0 Å². The topological polar surface area (TPSA) is 52.6 Å². The van der Waals surface area contributed by atoms with E-state index < -0.39 is 9.05 Å². The predicted molar refractivity (Wildman–Crippen MR) is 67.0 cm³/mol. The van der Waals surface area contributed by atoms with Gasteiger partial charge in [0.2, 0.25) is 9.05 Å². The Balaban J connectivity index is 1.99. The zero-order valence-corrected chi connectivity index (χ0v) is 10.9. The summed E-state index contributed by atoms with van der Waals surface area (Å²) in [5.74, 6) is 0.730. The standard InChI is InChI=1S/C11H15ClO4S/c12-17(13,14)10-4-7-15-8-9-16-11-5-2-1-3-6-11/h1-3,5-6H,4,7-10H2. The fraction of sp³-hybridized carbons (Fsp3) is 0.455. The zero-order chi connectivity index (χ0) is 12.6. The Kier molecular flexibility index (Phi) is 6.32. The summed E-state index contributed by atoms with van der Waals surface area (Å²) in [5, 5.41) is 0. The molecular weight excluding hydrogens is 264 g/mol. The second-order valence-corrected chi connectivity index (χ2v) is 6.27. The molecule has 0 saturated heterocycles. The molecule has 0 spiro atoms. The third-order valence-electron chi connectivity index (χ3n) is 1.92. The summed E-state index contributed by atoms with van der Waals surface area (Å²) in [7, 11) is 1.65. The van der Waals surface area contributed by atoms with Gasteiger partial charge in [0.05, 0.1) is 12.4 Å². The molecule has 0 N–H and O–H groups in total. The van der Waals surface area contributed by atoms with Crippen LogP contribution >= 0.6 is 10.7 Å². The first-order valence-electron chi connectivity index (χ1n) is 5.26. The molecule has 0 amide bonds. The lowest BCUT2D eigenvalue weighted by Gasteiger charge is -2.06. The number of hydrogen-bond donors (Lipinski definition) is 0. The van der Waals surface area contributed by atoms with E-state index >= 15 is 0 Å². The molecule has 0 fully saturated rings. The third kappa shape index (κ3) is 8.01. The monoisotopic (exact) mass is 278 g/mol. The van der Waals surface area contributed by atoms with E-state index in [1.165, 1.54) is 0 Å². The van der Waals surface area contributed by atoms with Gasteiger partial charge in [0.15, 0.2) is 0 Å². The van der Waals surface area contributed by atoms with Gasteiger partial charge in [-0.3, -0.25) is 0 Å². The van der Waals surface area contributed by atoms with Gasteiger partial charge in [-0.2, -0.15) is 0 Å². The maximum Gasteiger partial charge on any atom is 0.232 e. The average Bonchev–Trinajstić information content (AvgIpc) is 2.28. The molecule has 0 aromatic heterocycles. The van der Waals surface area contributed by atoms with E-state index in [1.54, 1.807) is 0 Å². The molecule has 96 valence electrons. The fourth-order valence-corrected chi connectivity index (χ4v) is 1.96. The van der Waals surface area contributed by atoms with Gasteiger partial charge in [-0.1, -0.05) is 18.2 Å². The molecule has 0 aliphatic carbocycles. The number of rotatable bonds is 8. The fourth-order valence-electron chi connectivity index (χ4n) is 1.17. The van der Waals surface area contributed by atoms with Gasteiger partial charge in [-0.25, -0.2) is 8.42 Å². The van der Waals surface area contributed by atoms with Gasteiger partial charge in [0.25, 0.3) is 0 Å². The quantitative estimate of drug-likeness (QED) is 0.539. The Morgan fingerprint density at radius 2 is 1.76 bits per heavy atom. The normalized spacial score (nSPS) is 11.4. The van der Waals surface area contributed by atoms with Crippen LogP contribution in [0, 0.1) is 0 Å². The van der Waals surface area contributed by atoms with E-state index in [-0.39, 0.29) is 5.75 Å². The number of para-hydroxylation sites is 1. The van der Waals surface area contributed by atoms with Crippen molar-refractivity contribution in [2.45, 2.75) is 6.42 Å². The molecule has 0 unspecified atom stereocenters. The molecule has 1 aromatic carbocycles. The Labute approximate surface area is 106 Å². The SMILES string of the molecule is O=S(=O)(Cl)CCCOCCOc1ccccc1. The minimum Gasteiger partial charge on any atom is -0.491 e. The zero-order valence-electron chi connectivity index (χ0n) is 9.34. The molecule has 0 bridgehead atoms. The highest BCUT2D eigenvalue weighted by atomic mass is 35.7. The van der Waals surface area contributed by atoms with Crippen LogP contribution in [0.1, 0.15) is 6.42 Å². The Bertz CT molecular complexity index is 405. The first-order chi connectivity index (χ1) is 8.08. The molecule has 6 heteroatoms. The van der Waals surface area contributed by atoms with Crippen LogP contribution in [0.3, 0.4) is 0 Å². The molecule has 0 atom stereocenters. The van der Waals surface area contributed by atoms with Crippen LogP contribution in [0.2, 0.25) is 0 Å². The van der Waals surface area contributed by atoms with E-state index in [2.05, 4.69) is 0 Å². The summed E-state index contributed by atoms with van der Waals surface area (Å²) in [4.78, 5) is 0. The van der Waals surface area contributed by atoms with Crippen LogP contribution in [0.25, 0.3) is 0 Å². The smallest absolute Gasteiger partial charge is 0.232 e. The molecular formula is C11H15ClO4S. The summed E-state index contributed by atoms with van der Waals surface area (Å²) in [6.45, 7) is 1.24. The van der Waals surface area contributed by atoms with E-state index in [0.29, 0.717) is 26.2 Å². The maximum absolute atomic E-state index is 10.6. The second kappa shape index (κ2) is 7.53. The van der Waals surface area contributed by atoms with E-state index in [1.807, 2.05) is 30.3 Å². The van der Waals surface area contributed by atoms with Gasteiger partial charge in [0.1, 0.15) is 12.4 Å². The van der Waals surface area contributed by atoms with Crippen molar-refractivity contribution in [1.29, 1.82) is 0 Å². The lowest BCUT2D eigenvalue weighted by molar-refractivity contribution is 0.101. The van der Waals surface area contributed by atoms with Crippen LogP contribution in [-0.2, 0) is 13.8 Å². The van der Waals surface area contributed by atoms with Crippen LogP contribution in [0.4, 0.5) is 0 Å². The minimum atomic E-state index is -3.40. The highest BCUT2D eigenvalue weighted by Crippen LogP contribution is 2.07. The van der Waals surface area contributed by atoms with Crippen LogP contribution in [0.5, 0.6) is 5.75 Å². The van der Waals surface area contributed by atoms with Crippen molar-refractivity contribution in [1.82, 2.24) is 0 Å². The van der Waals surface area contributed by atoms with Gasteiger partial charge in [0, 0.05) is 17.3 Å². The van der Waals surface area contributed by atoms with Crippen molar-refractivity contribution in [3.63, 3.8) is 0 Å². The largest absolute Gasteiger partial charge is 0.491 e. The molecule has 1 aromatic rings. The molecule has 0 saturated carbocycles. The van der Waals surface area contributed by atoms with Crippen molar-refractivity contribution in [3.05, 3.63) is 30.3 Å². The maximum atomic E-state index is 10.6. The minimum absolute atomic E-state index is 0.0614. The highest BCUT2D eigenvalue weighted by molar-refractivity contribution is 8.13. The van der Waals surface area contributed by atoms with Crippen molar-refractivity contribution in [2.24, 2.45) is 0 Å². The lowest BCUT2D eigenvalue weighted by atomic mass is 10.3. The third-order valence-corrected chi connectivity index (χ3v) is 3.16.